The fourth-order valence-electron chi connectivity index (χ4n) is 2.68. The molecule has 0 spiro atoms. The molecule has 0 saturated carbocycles. The lowest BCUT2D eigenvalue weighted by Crippen LogP contribution is -2.27. The van der Waals surface area contributed by atoms with Crippen molar-refractivity contribution in [3.8, 4) is 0 Å². The second-order valence-corrected chi connectivity index (χ2v) is 6.69. The Morgan fingerprint density at radius 1 is 1.20 bits per heavy atom. The molecule has 1 heterocycles. The van der Waals surface area contributed by atoms with Gasteiger partial charge in [0.15, 0.2) is 5.69 Å². The number of hydrogen-bond acceptors (Lipinski definition) is 3. The third-order valence-electron chi connectivity index (χ3n) is 3.93. The summed E-state index contributed by atoms with van der Waals surface area (Å²) in [6.07, 6.45) is 0.762. The Morgan fingerprint density at radius 3 is 2.60 bits per heavy atom. The second kappa shape index (κ2) is 7.19. The maximum atomic E-state index is 12.8. The Hall–Kier alpha value is -2.47. The van der Waals surface area contributed by atoms with Crippen molar-refractivity contribution in [3.63, 3.8) is 0 Å². The largest absolute Gasteiger partial charge is 0.321 e. The van der Waals surface area contributed by atoms with Crippen LogP contribution < -0.4 is 10.9 Å². The number of aromatic nitrogens is 2. The molecular weight excluding hydrogens is 382 g/mol. The van der Waals surface area contributed by atoms with Gasteiger partial charge in [-0.05, 0) is 43.2 Å². The van der Waals surface area contributed by atoms with Gasteiger partial charge in [-0.25, -0.2) is 4.68 Å². The van der Waals surface area contributed by atoms with Gasteiger partial charge in [-0.1, -0.05) is 41.1 Å². The van der Waals surface area contributed by atoms with E-state index in [9.17, 15) is 9.59 Å². The highest BCUT2D eigenvalue weighted by atomic mass is 79.9. The molecule has 1 amide bonds. The number of rotatable bonds is 4. The van der Waals surface area contributed by atoms with E-state index < -0.39 is 0 Å². The minimum Gasteiger partial charge on any atom is -0.321 e. The van der Waals surface area contributed by atoms with E-state index in [1.54, 1.807) is 24.3 Å². The first-order valence-corrected chi connectivity index (χ1v) is 8.88. The molecule has 0 bridgehead atoms. The van der Waals surface area contributed by atoms with Gasteiger partial charge in [0.05, 0.1) is 5.39 Å². The molecule has 2 aromatic carbocycles. The van der Waals surface area contributed by atoms with E-state index in [4.69, 9.17) is 0 Å². The van der Waals surface area contributed by atoms with E-state index in [0.717, 1.165) is 16.5 Å². The molecule has 3 rings (SSSR count). The summed E-state index contributed by atoms with van der Waals surface area (Å²) in [5, 5.41) is 8.24. The van der Waals surface area contributed by atoms with Crippen LogP contribution in [0.1, 0.15) is 29.4 Å². The third-order valence-corrected chi connectivity index (χ3v) is 4.82. The van der Waals surface area contributed by atoms with Gasteiger partial charge in [-0.3, -0.25) is 9.59 Å². The smallest absolute Gasteiger partial charge is 0.276 e. The third kappa shape index (κ3) is 3.49. The number of carbonyl (C=O) groups is 1. The molecular formula is C19H18BrN3O2. The molecule has 3 aromatic rings. The topological polar surface area (TPSA) is 64.0 Å². The van der Waals surface area contributed by atoms with Crippen molar-refractivity contribution in [2.24, 2.45) is 0 Å². The summed E-state index contributed by atoms with van der Waals surface area (Å²) in [7, 11) is 0. The summed E-state index contributed by atoms with van der Waals surface area (Å²) >= 11 is 3.44. The van der Waals surface area contributed by atoms with Gasteiger partial charge in [0.25, 0.3) is 11.5 Å². The molecule has 5 nitrogen and oxygen atoms in total. The molecule has 0 fully saturated rings. The average molecular weight is 400 g/mol. The molecule has 6 heteroatoms. The van der Waals surface area contributed by atoms with Crippen molar-refractivity contribution in [1.82, 2.24) is 9.78 Å². The molecule has 0 saturated heterocycles. The predicted molar refractivity (Wildman–Crippen MR) is 103 cm³/mol. The second-order valence-electron chi connectivity index (χ2n) is 5.84. The molecule has 1 N–H and O–H groups in total. The van der Waals surface area contributed by atoms with Gasteiger partial charge in [0.1, 0.15) is 0 Å². The molecule has 0 atom stereocenters. The maximum absolute atomic E-state index is 12.8. The summed E-state index contributed by atoms with van der Waals surface area (Å²) in [6.45, 7) is 4.39. The van der Waals surface area contributed by atoms with Crippen LogP contribution in [0, 0.1) is 6.92 Å². The number of benzene rings is 2. The Labute approximate surface area is 153 Å². The first kappa shape index (κ1) is 17.4. The molecule has 128 valence electrons. The van der Waals surface area contributed by atoms with Crippen LogP contribution in [0.5, 0.6) is 0 Å². The summed E-state index contributed by atoms with van der Waals surface area (Å²) in [6, 6.07) is 12.7. The Bertz CT molecular complexity index is 1010. The zero-order valence-electron chi connectivity index (χ0n) is 14.0. The van der Waals surface area contributed by atoms with Gasteiger partial charge in [0, 0.05) is 22.1 Å². The van der Waals surface area contributed by atoms with Crippen molar-refractivity contribution in [2.45, 2.75) is 26.8 Å². The van der Waals surface area contributed by atoms with Crippen molar-refractivity contribution >= 4 is 38.3 Å². The molecule has 1 aromatic heterocycles. The number of halogens is 1. The van der Waals surface area contributed by atoms with Crippen LogP contribution in [-0.4, -0.2) is 15.7 Å². The van der Waals surface area contributed by atoms with Gasteiger partial charge in [-0.2, -0.15) is 5.10 Å². The highest BCUT2D eigenvalue weighted by Gasteiger charge is 2.16. The first-order chi connectivity index (χ1) is 12.0. The lowest BCUT2D eigenvalue weighted by molar-refractivity contribution is 0.102. The van der Waals surface area contributed by atoms with Crippen LogP contribution in [0.2, 0.25) is 0 Å². The van der Waals surface area contributed by atoms with E-state index in [0.29, 0.717) is 23.0 Å². The molecule has 25 heavy (non-hydrogen) atoms. The van der Waals surface area contributed by atoms with E-state index in [1.165, 1.54) is 4.68 Å². The summed E-state index contributed by atoms with van der Waals surface area (Å²) in [4.78, 5) is 25.3. The minimum atomic E-state index is -0.331. The highest BCUT2D eigenvalue weighted by molar-refractivity contribution is 9.10. The first-order valence-electron chi connectivity index (χ1n) is 8.08. The van der Waals surface area contributed by atoms with Crippen LogP contribution in [0.3, 0.4) is 0 Å². The van der Waals surface area contributed by atoms with Gasteiger partial charge < -0.3 is 5.32 Å². The standard InChI is InChI=1S/C19H18BrN3O2/c1-3-10-23-19(25)15-7-5-4-6-14(15)17(22-23)18(24)21-13-8-9-16(20)12(2)11-13/h4-9,11H,3,10H2,1-2H3,(H,21,24). The number of nitrogens with zero attached hydrogens (tertiary/aromatic N) is 2. The normalized spacial score (nSPS) is 10.8. The van der Waals surface area contributed by atoms with Crippen LogP contribution in [-0.2, 0) is 6.54 Å². The van der Waals surface area contributed by atoms with Crippen LogP contribution in [0.15, 0.2) is 51.7 Å². The molecule has 0 aliphatic rings. The maximum Gasteiger partial charge on any atom is 0.276 e. The van der Waals surface area contributed by atoms with Crippen LogP contribution in [0.25, 0.3) is 10.8 Å². The summed E-state index contributed by atoms with van der Waals surface area (Å²) in [5.41, 5.74) is 1.79. The average Bonchev–Trinajstić information content (AvgIpc) is 2.61. The number of anilines is 1. The molecule has 0 radical (unpaired) electrons. The van der Waals surface area contributed by atoms with Crippen LogP contribution >= 0.6 is 15.9 Å². The molecule has 0 unspecified atom stereocenters. The monoisotopic (exact) mass is 399 g/mol. The lowest BCUT2D eigenvalue weighted by Gasteiger charge is -2.11. The number of nitrogens with one attached hydrogen (secondary N) is 1. The van der Waals surface area contributed by atoms with Crippen molar-refractivity contribution in [2.75, 3.05) is 5.32 Å². The fourth-order valence-corrected chi connectivity index (χ4v) is 2.93. The Morgan fingerprint density at radius 2 is 1.92 bits per heavy atom. The fraction of sp³-hybridized carbons (Fsp3) is 0.211. The predicted octanol–water partition coefficient (Wildman–Crippen LogP) is 4.13. The summed E-state index contributed by atoms with van der Waals surface area (Å²) in [5.74, 6) is -0.331. The number of amides is 1. The highest BCUT2D eigenvalue weighted by Crippen LogP contribution is 2.21. The van der Waals surface area contributed by atoms with E-state index in [2.05, 4.69) is 26.3 Å². The number of carbonyl (C=O) groups excluding carboxylic acids is 1. The number of fused-ring (bicyclic) bond motifs is 1. The van der Waals surface area contributed by atoms with E-state index in [1.807, 2.05) is 32.0 Å². The van der Waals surface area contributed by atoms with Crippen LogP contribution in [0.4, 0.5) is 5.69 Å². The van der Waals surface area contributed by atoms with E-state index in [-0.39, 0.29) is 17.2 Å². The van der Waals surface area contributed by atoms with Crippen molar-refractivity contribution in [3.05, 3.63) is 68.5 Å². The lowest BCUT2D eigenvalue weighted by atomic mass is 10.1. The molecule has 0 aliphatic heterocycles. The van der Waals surface area contributed by atoms with Crippen molar-refractivity contribution < 1.29 is 4.79 Å². The number of hydrogen-bond donors (Lipinski definition) is 1. The SMILES string of the molecule is CCCn1nc(C(=O)Nc2ccc(Br)c(C)c2)c2ccccc2c1=O. The Kier molecular flexibility index (Phi) is 4.99. The number of aryl methyl sites for hydroxylation is 2. The Balaban J connectivity index is 2.07. The quantitative estimate of drug-likeness (QED) is 0.716. The van der Waals surface area contributed by atoms with Crippen molar-refractivity contribution in [1.29, 1.82) is 0 Å². The molecule has 0 aliphatic carbocycles. The van der Waals surface area contributed by atoms with Gasteiger partial charge in [-0.15, -0.1) is 0 Å². The minimum absolute atomic E-state index is 0.173. The van der Waals surface area contributed by atoms with Gasteiger partial charge in [0.2, 0.25) is 0 Å². The zero-order chi connectivity index (χ0) is 18.0. The summed E-state index contributed by atoms with van der Waals surface area (Å²) < 4.78 is 2.34. The van der Waals surface area contributed by atoms with E-state index >= 15 is 0 Å². The van der Waals surface area contributed by atoms with Gasteiger partial charge >= 0.3 is 0 Å². The zero-order valence-corrected chi connectivity index (χ0v) is 15.6.